The maximum atomic E-state index is 14.1. The zero-order valence-electron chi connectivity index (χ0n) is 27.7. The van der Waals surface area contributed by atoms with E-state index in [4.69, 9.17) is 9.47 Å². The van der Waals surface area contributed by atoms with E-state index in [0.29, 0.717) is 30.3 Å². The fourth-order valence-electron chi connectivity index (χ4n) is 6.28. The lowest BCUT2D eigenvalue weighted by atomic mass is 9.67. The van der Waals surface area contributed by atoms with E-state index < -0.39 is 17.4 Å². The van der Waals surface area contributed by atoms with Gasteiger partial charge in [0.25, 0.3) is 0 Å². The Kier molecular flexibility index (Phi) is 11.0. The van der Waals surface area contributed by atoms with Crippen LogP contribution < -0.4 is 14.8 Å². The first kappa shape index (κ1) is 33.7. The van der Waals surface area contributed by atoms with Gasteiger partial charge < -0.3 is 19.9 Å². The highest BCUT2D eigenvalue weighted by atomic mass is 16.5. The molecule has 1 atom stereocenters. The Morgan fingerprint density at radius 3 is 1.40 bits per heavy atom. The Bertz CT molecular complexity index is 1870. The van der Waals surface area contributed by atoms with Crippen LogP contribution in [0.2, 0.25) is 0 Å². The third kappa shape index (κ3) is 8.28. The SMILES string of the molecule is O=C(CC(c1ccccc1)(c1ccccc1)c1ccccc1)N[C@H](Cc1ccc(OCc2ccccc2)c(OCc2ccccc2)c1)C(=O)O. The van der Waals surface area contributed by atoms with E-state index in [0.717, 1.165) is 27.8 Å². The number of hydrogen-bond donors (Lipinski definition) is 2. The van der Waals surface area contributed by atoms with Gasteiger partial charge in [-0.1, -0.05) is 158 Å². The van der Waals surface area contributed by atoms with Crippen molar-refractivity contribution < 1.29 is 24.2 Å². The molecule has 0 aromatic heterocycles. The molecule has 50 heavy (non-hydrogen) atoms. The number of amides is 1. The highest BCUT2D eigenvalue weighted by Crippen LogP contribution is 2.42. The maximum absolute atomic E-state index is 14.1. The third-order valence-electron chi connectivity index (χ3n) is 8.78. The summed E-state index contributed by atoms with van der Waals surface area (Å²) in [5.74, 6) is -0.464. The topological polar surface area (TPSA) is 84.9 Å². The van der Waals surface area contributed by atoms with Gasteiger partial charge in [0.1, 0.15) is 19.3 Å². The first-order valence-corrected chi connectivity index (χ1v) is 16.7. The molecule has 6 rings (SSSR count). The molecule has 0 fully saturated rings. The van der Waals surface area contributed by atoms with Gasteiger partial charge in [-0.25, -0.2) is 4.79 Å². The van der Waals surface area contributed by atoms with Crippen molar-refractivity contribution in [1.29, 1.82) is 0 Å². The quantitative estimate of drug-likeness (QED) is 0.108. The van der Waals surface area contributed by atoms with Gasteiger partial charge in [0.15, 0.2) is 11.5 Å². The fourth-order valence-corrected chi connectivity index (χ4v) is 6.28. The van der Waals surface area contributed by atoms with Crippen molar-refractivity contribution in [3.63, 3.8) is 0 Å². The molecule has 2 N–H and O–H groups in total. The summed E-state index contributed by atoms with van der Waals surface area (Å²) in [7, 11) is 0. The van der Waals surface area contributed by atoms with Gasteiger partial charge >= 0.3 is 5.97 Å². The Hall–Kier alpha value is -6.14. The molecule has 6 heteroatoms. The third-order valence-corrected chi connectivity index (χ3v) is 8.78. The number of hydrogen-bond acceptors (Lipinski definition) is 4. The molecule has 0 spiro atoms. The highest BCUT2D eigenvalue weighted by molar-refractivity contribution is 5.85. The van der Waals surface area contributed by atoms with Gasteiger partial charge in [0.05, 0.1) is 5.41 Å². The second kappa shape index (κ2) is 16.3. The second-order valence-electron chi connectivity index (χ2n) is 12.2. The number of nitrogens with one attached hydrogen (secondary N) is 1. The number of carbonyl (C=O) groups is 2. The summed E-state index contributed by atoms with van der Waals surface area (Å²) >= 11 is 0. The van der Waals surface area contributed by atoms with Crippen molar-refractivity contribution in [3.8, 4) is 11.5 Å². The predicted octanol–water partition coefficient (Wildman–Crippen LogP) is 8.38. The molecule has 0 saturated heterocycles. The van der Waals surface area contributed by atoms with E-state index in [1.807, 2.05) is 158 Å². The number of benzene rings is 6. The molecule has 250 valence electrons. The van der Waals surface area contributed by atoms with Gasteiger partial charge in [0.2, 0.25) is 5.91 Å². The van der Waals surface area contributed by atoms with Crippen LogP contribution in [-0.2, 0) is 34.6 Å². The lowest BCUT2D eigenvalue weighted by molar-refractivity contribution is -0.141. The van der Waals surface area contributed by atoms with Gasteiger partial charge in [-0.05, 0) is 45.5 Å². The summed E-state index contributed by atoms with van der Waals surface area (Å²) in [6, 6.07) is 53.5. The summed E-state index contributed by atoms with van der Waals surface area (Å²) in [5.41, 5.74) is 4.64. The molecule has 1 amide bonds. The van der Waals surface area contributed by atoms with Crippen LogP contribution in [0.5, 0.6) is 11.5 Å². The summed E-state index contributed by atoms with van der Waals surface area (Å²) < 4.78 is 12.4. The molecule has 0 aliphatic heterocycles. The van der Waals surface area contributed by atoms with Gasteiger partial charge in [0, 0.05) is 12.8 Å². The average Bonchev–Trinajstić information content (AvgIpc) is 3.17. The van der Waals surface area contributed by atoms with Crippen molar-refractivity contribution in [2.45, 2.75) is 37.5 Å². The van der Waals surface area contributed by atoms with Crippen molar-refractivity contribution in [1.82, 2.24) is 5.32 Å². The van der Waals surface area contributed by atoms with Crippen LogP contribution in [0, 0.1) is 0 Å². The molecule has 0 bridgehead atoms. The van der Waals surface area contributed by atoms with E-state index >= 15 is 0 Å². The number of aliphatic carboxylic acids is 1. The zero-order chi connectivity index (χ0) is 34.6. The van der Waals surface area contributed by atoms with Crippen molar-refractivity contribution in [3.05, 3.63) is 203 Å². The molecule has 6 nitrogen and oxygen atoms in total. The van der Waals surface area contributed by atoms with Gasteiger partial charge in [-0.3, -0.25) is 4.79 Å². The highest BCUT2D eigenvalue weighted by Gasteiger charge is 2.39. The Balaban J connectivity index is 1.26. The minimum absolute atomic E-state index is 0.00647. The van der Waals surface area contributed by atoms with Crippen molar-refractivity contribution in [2.24, 2.45) is 0 Å². The monoisotopic (exact) mass is 661 g/mol. The summed E-state index contributed by atoms with van der Waals surface area (Å²) in [4.78, 5) is 26.7. The summed E-state index contributed by atoms with van der Waals surface area (Å²) in [6.07, 6.45) is 0.0588. The summed E-state index contributed by atoms with van der Waals surface area (Å²) in [6.45, 7) is 0.660. The van der Waals surface area contributed by atoms with Crippen molar-refractivity contribution in [2.75, 3.05) is 0 Å². The summed E-state index contributed by atoms with van der Waals surface area (Å²) in [5, 5.41) is 13.2. The van der Waals surface area contributed by atoms with Crippen LogP contribution in [0.3, 0.4) is 0 Å². The minimum atomic E-state index is -1.18. The second-order valence-corrected chi connectivity index (χ2v) is 12.2. The van der Waals surface area contributed by atoms with Crippen LogP contribution in [0.4, 0.5) is 0 Å². The molecule has 6 aromatic carbocycles. The van der Waals surface area contributed by atoms with Crippen LogP contribution in [0.15, 0.2) is 170 Å². The number of carboxylic acid groups (broad SMARTS) is 1. The van der Waals surface area contributed by atoms with Crippen LogP contribution in [0.25, 0.3) is 0 Å². The minimum Gasteiger partial charge on any atom is -0.485 e. The molecule has 0 aliphatic carbocycles. The molecule has 0 saturated carbocycles. The Morgan fingerprint density at radius 2 is 0.960 bits per heavy atom. The van der Waals surface area contributed by atoms with Crippen molar-refractivity contribution >= 4 is 11.9 Å². The molecule has 0 unspecified atom stereocenters. The van der Waals surface area contributed by atoms with Gasteiger partial charge in [-0.2, -0.15) is 0 Å². The average molecular weight is 662 g/mol. The zero-order valence-corrected chi connectivity index (χ0v) is 27.7. The normalized spacial score (nSPS) is 11.7. The van der Waals surface area contributed by atoms with E-state index in [2.05, 4.69) is 5.32 Å². The molecule has 0 radical (unpaired) electrons. The van der Waals surface area contributed by atoms with E-state index in [-0.39, 0.29) is 18.7 Å². The maximum Gasteiger partial charge on any atom is 0.326 e. The number of ether oxygens (including phenoxy) is 2. The molecule has 0 heterocycles. The van der Waals surface area contributed by atoms with E-state index in [1.54, 1.807) is 12.1 Å². The number of carbonyl (C=O) groups excluding carboxylic acids is 1. The number of carboxylic acids is 1. The van der Waals surface area contributed by atoms with Crippen LogP contribution >= 0.6 is 0 Å². The fraction of sp³-hybridized carbons (Fsp3) is 0.136. The Morgan fingerprint density at radius 1 is 0.540 bits per heavy atom. The predicted molar refractivity (Wildman–Crippen MR) is 195 cm³/mol. The van der Waals surface area contributed by atoms with Gasteiger partial charge in [-0.15, -0.1) is 0 Å². The van der Waals surface area contributed by atoms with Crippen LogP contribution in [-0.4, -0.2) is 23.0 Å². The first-order chi connectivity index (χ1) is 24.5. The van der Waals surface area contributed by atoms with Crippen LogP contribution in [0.1, 0.15) is 39.8 Å². The smallest absolute Gasteiger partial charge is 0.326 e. The van der Waals surface area contributed by atoms with E-state index in [1.165, 1.54) is 0 Å². The lowest BCUT2D eigenvalue weighted by Gasteiger charge is -2.36. The first-order valence-electron chi connectivity index (χ1n) is 16.7. The van der Waals surface area contributed by atoms with E-state index in [9.17, 15) is 14.7 Å². The number of rotatable bonds is 15. The Labute approximate surface area is 293 Å². The molecular formula is C44H39NO5. The molecular weight excluding hydrogens is 622 g/mol. The lowest BCUT2D eigenvalue weighted by Crippen LogP contribution is -2.45. The molecule has 0 aliphatic rings. The largest absolute Gasteiger partial charge is 0.485 e. The molecule has 6 aromatic rings. The standard InChI is InChI=1S/C44H39NO5/c46-42(30-44(36-20-10-3-11-21-36,37-22-12-4-13-23-37)38-24-14-5-15-25-38)45-39(43(47)48)28-35-26-27-40(49-31-33-16-6-1-7-17-33)41(29-35)50-32-34-18-8-2-9-19-34/h1-27,29,39H,28,30-32H2,(H,45,46)(H,47,48)/t39-/m1/s1.